The van der Waals surface area contributed by atoms with Gasteiger partial charge in [-0.15, -0.1) is 0 Å². The van der Waals surface area contributed by atoms with Crippen LogP contribution < -0.4 is 0 Å². The lowest BCUT2D eigenvalue weighted by atomic mass is 10.5. The molecule has 16 heavy (non-hydrogen) atoms. The van der Waals surface area contributed by atoms with E-state index in [0.29, 0.717) is 12.1 Å². The quantitative estimate of drug-likeness (QED) is 0.285. The van der Waals surface area contributed by atoms with Gasteiger partial charge in [0.15, 0.2) is 0 Å². The van der Waals surface area contributed by atoms with Crippen LogP contribution in [0.4, 0.5) is 0 Å². The van der Waals surface area contributed by atoms with Gasteiger partial charge >= 0.3 is 14.5 Å². The highest BCUT2D eigenvalue weighted by atomic mass is 28.4. The van der Waals surface area contributed by atoms with Crippen LogP contribution in [-0.2, 0) is 18.4 Å². The molecule has 4 nitrogen and oxygen atoms in total. The molecule has 0 saturated heterocycles. The van der Waals surface area contributed by atoms with Crippen LogP contribution in [0.2, 0.25) is 11.6 Å². The summed E-state index contributed by atoms with van der Waals surface area (Å²) < 4.78 is 16.0. The van der Waals surface area contributed by atoms with Crippen LogP contribution in [0.1, 0.15) is 20.3 Å². The van der Waals surface area contributed by atoms with Crippen LogP contribution in [0.3, 0.4) is 0 Å². The minimum atomic E-state index is -2.12. The predicted octanol–water partition coefficient (Wildman–Crippen LogP) is 2.25. The molecule has 0 atom stereocenters. The van der Waals surface area contributed by atoms with Crippen LogP contribution in [0.5, 0.6) is 0 Å². The smallest absolute Gasteiger partial charge is 0.340 e. The predicted molar refractivity (Wildman–Crippen MR) is 65.5 cm³/mol. The summed E-state index contributed by atoms with van der Waals surface area (Å²) in [5.74, 6) is -0.383. The van der Waals surface area contributed by atoms with Gasteiger partial charge in [0.1, 0.15) is 0 Å². The first-order valence-corrected chi connectivity index (χ1v) is 7.52. The highest BCUT2D eigenvalue weighted by molar-refractivity contribution is 6.68. The van der Waals surface area contributed by atoms with E-state index in [9.17, 15) is 4.79 Å². The highest BCUT2D eigenvalue weighted by Crippen LogP contribution is 2.27. The molecular formula is C11H22O4Si. The van der Waals surface area contributed by atoms with Gasteiger partial charge in [-0.1, -0.05) is 20.4 Å². The Kier molecular flexibility index (Phi) is 7.28. The van der Waals surface area contributed by atoms with Crippen molar-refractivity contribution in [3.63, 3.8) is 0 Å². The molecule has 0 radical (unpaired) electrons. The Labute approximate surface area is 98.8 Å². The fraction of sp³-hybridized carbons (Fsp3) is 0.727. The fourth-order valence-electron chi connectivity index (χ4n) is 1.60. The molecule has 0 spiro atoms. The summed E-state index contributed by atoms with van der Waals surface area (Å²) in [6.45, 7) is 7.91. The number of carbonyl (C=O) groups is 1. The average Bonchev–Trinajstić information content (AvgIpc) is 2.29. The summed E-state index contributed by atoms with van der Waals surface area (Å²) in [7, 11) is 1.25. The first-order chi connectivity index (χ1) is 7.52. The van der Waals surface area contributed by atoms with Crippen molar-refractivity contribution < 1.29 is 18.4 Å². The zero-order valence-electron chi connectivity index (χ0n) is 10.6. The summed E-state index contributed by atoms with van der Waals surface area (Å²) in [5.41, 5.74) is 0.373. The van der Waals surface area contributed by atoms with Gasteiger partial charge in [-0.2, -0.15) is 0 Å². The zero-order chi connectivity index (χ0) is 12.6. The average molecular weight is 246 g/mol. The standard InChI is InChI=1S/C11H22O4Si/c1-6-11(12)15-8-7-9-16(13-4,14-5)10(2)3/h6,10H,1,7-9H2,2-5H3. The Hall–Kier alpha value is -0.653. The second-order valence-electron chi connectivity index (χ2n) is 3.85. The van der Waals surface area contributed by atoms with E-state index < -0.39 is 8.56 Å². The van der Waals surface area contributed by atoms with E-state index in [2.05, 4.69) is 20.4 Å². The molecule has 0 aliphatic carbocycles. The van der Waals surface area contributed by atoms with Gasteiger partial charge in [-0.05, 0) is 18.0 Å². The molecule has 0 fully saturated rings. The molecule has 0 saturated carbocycles. The molecule has 0 rings (SSSR count). The SMILES string of the molecule is C=CC(=O)OCCC[Si](OC)(OC)C(C)C. The van der Waals surface area contributed by atoms with Crippen LogP contribution in [0.15, 0.2) is 12.7 Å². The highest BCUT2D eigenvalue weighted by Gasteiger charge is 2.38. The first kappa shape index (κ1) is 15.3. The number of hydrogen-bond donors (Lipinski definition) is 0. The second-order valence-corrected chi connectivity index (χ2v) is 7.94. The van der Waals surface area contributed by atoms with E-state index in [0.717, 1.165) is 12.5 Å². The van der Waals surface area contributed by atoms with Crippen molar-refractivity contribution >= 4 is 14.5 Å². The third kappa shape index (κ3) is 4.47. The van der Waals surface area contributed by atoms with Crippen molar-refractivity contribution in [2.45, 2.75) is 31.9 Å². The second kappa shape index (κ2) is 7.59. The Morgan fingerprint density at radius 2 is 1.94 bits per heavy atom. The monoisotopic (exact) mass is 246 g/mol. The summed E-state index contributed by atoms with van der Waals surface area (Å²) in [5, 5.41) is 0. The van der Waals surface area contributed by atoms with Crippen molar-refractivity contribution in [1.82, 2.24) is 0 Å². The molecule has 0 N–H and O–H groups in total. The van der Waals surface area contributed by atoms with E-state index in [1.165, 1.54) is 6.08 Å². The van der Waals surface area contributed by atoms with Crippen molar-refractivity contribution in [2.75, 3.05) is 20.8 Å². The van der Waals surface area contributed by atoms with Gasteiger partial charge in [0.25, 0.3) is 0 Å². The maximum absolute atomic E-state index is 10.8. The van der Waals surface area contributed by atoms with E-state index in [4.69, 9.17) is 13.6 Å². The van der Waals surface area contributed by atoms with E-state index in [1.807, 2.05) is 0 Å². The molecule has 0 aliphatic heterocycles. The summed E-state index contributed by atoms with van der Waals surface area (Å²) >= 11 is 0. The Bertz CT molecular complexity index is 224. The van der Waals surface area contributed by atoms with Crippen molar-refractivity contribution in [1.29, 1.82) is 0 Å². The van der Waals surface area contributed by atoms with Gasteiger partial charge in [0, 0.05) is 20.3 Å². The van der Waals surface area contributed by atoms with Crippen molar-refractivity contribution in [3.05, 3.63) is 12.7 Å². The van der Waals surface area contributed by atoms with Crippen molar-refractivity contribution in [3.8, 4) is 0 Å². The number of ether oxygens (including phenoxy) is 1. The zero-order valence-corrected chi connectivity index (χ0v) is 11.6. The molecule has 0 aromatic carbocycles. The maximum atomic E-state index is 10.8. The fourth-order valence-corrected chi connectivity index (χ4v) is 4.33. The first-order valence-electron chi connectivity index (χ1n) is 5.42. The third-order valence-electron chi connectivity index (χ3n) is 2.65. The van der Waals surface area contributed by atoms with E-state index in [1.54, 1.807) is 14.2 Å². The molecule has 0 unspecified atom stereocenters. The Balaban J connectivity index is 4.03. The van der Waals surface area contributed by atoms with Gasteiger partial charge in [-0.25, -0.2) is 4.79 Å². The number of rotatable bonds is 8. The van der Waals surface area contributed by atoms with Gasteiger partial charge in [-0.3, -0.25) is 0 Å². The van der Waals surface area contributed by atoms with Crippen molar-refractivity contribution in [2.24, 2.45) is 0 Å². The minimum absolute atomic E-state index is 0.373. The van der Waals surface area contributed by atoms with Crippen LogP contribution in [0, 0.1) is 0 Å². The topological polar surface area (TPSA) is 44.8 Å². The summed E-state index contributed by atoms with van der Waals surface area (Å²) in [6, 6.07) is 0.822. The normalized spacial score (nSPS) is 11.6. The lowest BCUT2D eigenvalue weighted by Gasteiger charge is -2.30. The molecule has 94 valence electrons. The Morgan fingerprint density at radius 1 is 1.38 bits per heavy atom. The van der Waals surface area contributed by atoms with Crippen LogP contribution in [0.25, 0.3) is 0 Å². The minimum Gasteiger partial charge on any atom is -0.463 e. The third-order valence-corrected chi connectivity index (χ3v) is 6.84. The van der Waals surface area contributed by atoms with Crippen LogP contribution >= 0.6 is 0 Å². The summed E-state index contributed by atoms with van der Waals surface area (Å²) in [4.78, 5) is 10.8. The molecule has 0 aromatic rings. The lowest BCUT2D eigenvalue weighted by molar-refractivity contribution is -0.137. The van der Waals surface area contributed by atoms with E-state index >= 15 is 0 Å². The maximum Gasteiger partial charge on any atom is 0.340 e. The lowest BCUT2D eigenvalue weighted by Crippen LogP contribution is -2.43. The number of carbonyl (C=O) groups excluding carboxylic acids is 1. The molecule has 0 bridgehead atoms. The van der Waals surface area contributed by atoms with Gasteiger partial charge in [0.2, 0.25) is 0 Å². The molecular weight excluding hydrogens is 224 g/mol. The molecule has 0 aliphatic rings. The molecule has 0 heterocycles. The van der Waals surface area contributed by atoms with Gasteiger partial charge < -0.3 is 13.6 Å². The largest absolute Gasteiger partial charge is 0.463 e. The Morgan fingerprint density at radius 3 is 2.31 bits per heavy atom. The summed E-state index contributed by atoms with van der Waals surface area (Å²) in [6.07, 6.45) is 1.92. The molecule has 0 aromatic heterocycles. The molecule has 0 amide bonds. The van der Waals surface area contributed by atoms with Gasteiger partial charge in [0.05, 0.1) is 6.61 Å². The van der Waals surface area contributed by atoms with E-state index in [-0.39, 0.29) is 5.97 Å². The molecule has 5 heteroatoms. The number of esters is 1. The van der Waals surface area contributed by atoms with Crippen LogP contribution in [-0.4, -0.2) is 35.4 Å². The number of hydrogen-bond acceptors (Lipinski definition) is 4.